The average Bonchev–Trinajstić information content (AvgIpc) is 3.17. The molecule has 0 fully saturated rings. The van der Waals surface area contributed by atoms with Crippen molar-refractivity contribution >= 4 is 38.5 Å². The van der Waals surface area contributed by atoms with E-state index in [4.69, 9.17) is 19.0 Å². The molecular formula is C24H27N2O6+. The first-order chi connectivity index (χ1) is 15.5. The Labute approximate surface area is 185 Å². The third kappa shape index (κ3) is 4.32. The number of aryl methyl sites for hydroxylation is 2. The van der Waals surface area contributed by atoms with Crippen LogP contribution in [-0.2, 0) is 19.0 Å². The van der Waals surface area contributed by atoms with Gasteiger partial charge in [0.15, 0.2) is 0 Å². The summed E-state index contributed by atoms with van der Waals surface area (Å²) in [5.41, 5.74) is 4.19. The molecule has 2 N–H and O–H groups in total. The molecule has 4 rings (SSSR count). The molecule has 32 heavy (non-hydrogen) atoms. The number of hydrogen-bond donors (Lipinski definition) is 2. The summed E-state index contributed by atoms with van der Waals surface area (Å²) in [6.45, 7) is 5.33. The largest absolute Gasteiger partial charge is 0.508 e. The number of aromatic nitrogens is 2. The Kier molecular flexibility index (Phi) is 6.43. The summed E-state index contributed by atoms with van der Waals surface area (Å²) < 4.78 is 16.8. The predicted octanol–water partition coefficient (Wildman–Crippen LogP) is 2.72. The number of H-pyrrole nitrogens is 1. The molecule has 2 aromatic heterocycles. The van der Waals surface area contributed by atoms with Crippen molar-refractivity contribution in [3.05, 3.63) is 47.8 Å². The van der Waals surface area contributed by atoms with E-state index in [1.165, 1.54) is 4.73 Å². The lowest BCUT2D eigenvalue weighted by atomic mass is 9.97. The van der Waals surface area contributed by atoms with E-state index in [2.05, 4.69) is 11.9 Å². The van der Waals surface area contributed by atoms with Crippen LogP contribution in [0.4, 0.5) is 0 Å². The molecule has 8 nitrogen and oxygen atoms in total. The lowest BCUT2D eigenvalue weighted by molar-refractivity contribution is -0.888. The molecule has 0 amide bonds. The van der Waals surface area contributed by atoms with Gasteiger partial charge in [0.1, 0.15) is 12.4 Å². The number of carbonyl (C=O) groups is 1. The quantitative estimate of drug-likeness (QED) is 0.237. The maximum absolute atomic E-state index is 11.9. The number of esters is 1. The van der Waals surface area contributed by atoms with Gasteiger partial charge in [-0.2, -0.15) is 0 Å². The van der Waals surface area contributed by atoms with Gasteiger partial charge in [0.25, 0.3) is 6.61 Å². The van der Waals surface area contributed by atoms with Gasteiger partial charge in [-0.25, -0.2) is 4.79 Å². The van der Waals surface area contributed by atoms with Crippen LogP contribution in [0.5, 0.6) is 5.75 Å². The number of methoxy groups -OCH3 is 1. The van der Waals surface area contributed by atoms with Crippen LogP contribution in [0.2, 0.25) is 0 Å². The van der Waals surface area contributed by atoms with E-state index >= 15 is 0 Å². The van der Waals surface area contributed by atoms with E-state index in [0.717, 1.165) is 43.7 Å². The summed E-state index contributed by atoms with van der Waals surface area (Å²) in [4.78, 5) is 21.0. The number of nitrogens with one attached hydrogen (secondary N) is 1. The van der Waals surface area contributed by atoms with Crippen LogP contribution in [0.3, 0.4) is 0 Å². The van der Waals surface area contributed by atoms with Gasteiger partial charge >= 0.3 is 5.97 Å². The molecule has 0 radical (unpaired) electrons. The zero-order valence-electron chi connectivity index (χ0n) is 18.4. The maximum Gasteiger partial charge on any atom is 0.351 e. The van der Waals surface area contributed by atoms with Crippen LogP contribution in [0.25, 0.3) is 32.6 Å². The summed E-state index contributed by atoms with van der Waals surface area (Å²) in [7, 11) is 1.60. The van der Waals surface area contributed by atoms with Gasteiger partial charge in [0.05, 0.1) is 30.7 Å². The first kappa shape index (κ1) is 21.9. The molecule has 0 aliphatic carbocycles. The van der Waals surface area contributed by atoms with E-state index < -0.39 is 5.97 Å². The van der Waals surface area contributed by atoms with Gasteiger partial charge < -0.3 is 24.3 Å². The number of phenols is 1. The number of aromatic hydroxyl groups is 1. The first-order valence-electron chi connectivity index (χ1n) is 10.4. The fraction of sp³-hybridized carbons (Fsp3) is 0.333. The standard InChI is InChI=1S/C24H26N2O6/c1-15-20-13-26(32-14-22(28)31-11-10-30-9-8-29-3)7-6-18(20)16(2)24-23(15)19-12-17(27)4-5-21(19)25-24/h4-7,12-13,27H,8-11,14H2,1-3H3/p+1. The second kappa shape index (κ2) is 9.42. The fourth-order valence-electron chi connectivity index (χ4n) is 3.93. The molecule has 8 heteroatoms. The highest BCUT2D eigenvalue weighted by molar-refractivity contribution is 6.16. The van der Waals surface area contributed by atoms with Gasteiger partial charge in [-0.1, -0.05) is 0 Å². The van der Waals surface area contributed by atoms with Crippen LogP contribution in [-0.4, -0.2) is 56.2 Å². The Morgan fingerprint density at radius 3 is 2.66 bits per heavy atom. The first-order valence-corrected chi connectivity index (χ1v) is 10.4. The summed E-state index contributed by atoms with van der Waals surface area (Å²) in [6, 6.07) is 7.30. The van der Waals surface area contributed by atoms with Gasteiger partial charge in [0, 0.05) is 34.2 Å². The molecule has 0 aliphatic rings. The number of rotatable bonds is 9. The van der Waals surface area contributed by atoms with E-state index in [-0.39, 0.29) is 19.0 Å². The molecule has 0 saturated carbocycles. The van der Waals surface area contributed by atoms with Gasteiger partial charge in [-0.15, -0.1) is 0 Å². The van der Waals surface area contributed by atoms with Crippen molar-refractivity contribution in [2.24, 2.45) is 0 Å². The van der Waals surface area contributed by atoms with E-state index in [1.807, 2.05) is 25.3 Å². The number of nitrogens with zero attached hydrogens (tertiary/aromatic N) is 1. The molecule has 0 spiro atoms. The summed E-state index contributed by atoms with van der Waals surface area (Å²) in [6.07, 6.45) is 3.64. The normalized spacial score (nSPS) is 11.5. The van der Waals surface area contributed by atoms with Crippen LogP contribution < -0.4 is 9.57 Å². The number of fused-ring (bicyclic) bond motifs is 4. The van der Waals surface area contributed by atoms with E-state index in [1.54, 1.807) is 25.4 Å². The monoisotopic (exact) mass is 439 g/mol. The Hall–Kier alpha value is -3.36. The number of carbonyl (C=O) groups excluding carboxylic acids is 1. The molecule has 0 atom stereocenters. The lowest BCUT2D eigenvalue weighted by Gasteiger charge is -2.08. The highest BCUT2D eigenvalue weighted by atomic mass is 16.7. The number of pyridine rings is 1. The Morgan fingerprint density at radius 1 is 1.03 bits per heavy atom. The van der Waals surface area contributed by atoms with Crippen molar-refractivity contribution < 1.29 is 33.7 Å². The molecule has 0 bridgehead atoms. The summed E-state index contributed by atoms with van der Waals surface area (Å²) in [5, 5.41) is 14.1. The minimum atomic E-state index is -0.469. The summed E-state index contributed by atoms with van der Waals surface area (Å²) >= 11 is 0. The smallest absolute Gasteiger partial charge is 0.351 e. The summed E-state index contributed by atoms with van der Waals surface area (Å²) in [5.74, 6) is -0.243. The zero-order chi connectivity index (χ0) is 22.7. The van der Waals surface area contributed by atoms with Gasteiger partial charge in [-0.05, 0) is 48.6 Å². The second-order valence-corrected chi connectivity index (χ2v) is 7.59. The number of aromatic amines is 1. The lowest BCUT2D eigenvalue weighted by Crippen LogP contribution is -2.44. The predicted molar refractivity (Wildman–Crippen MR) is 120 cm³/mol. The second-order valence-electron chi connectivity index (χ2n) is 7.59. The van der Waals surface area contributed by atoms with Crippen LogP contribution in [0.15, 0.2) is 36.7 Å². The van der Waals surface area contributed by atoms with Crippen molar-refractivity contribution in [1.82, 2.24) is 4.98 Å². The number of ether oxygens (including phenoxy) is 3. The molecular weight excluding hydrogens is 412 g/mol. The number of benzene rings is 2. The third-order valence-corrected chi connectivity index (χ3v) is 5.53. The average molecular weight is 439 g/mol. The molecule has 168 valence electrons. The molecule has 2 aromatic carbocycles. The topological polar surface area (TPSA) is 93.9 Å². The minimum absolute atomic E-state index is 0.165. The van der Waals surface area contributed by atoms with Crippen molar-refractivity contribution in [1.29, 1.82) is 0 Å². The van der Waals surface area contributed by atoms with Crippen molar-refractivity contribution in [2.45, 2.75) is 13.8 Å². The molecule has 0 unspecified atom stereocenters. The maximum atomic E-state index is 11.9. The highest BCUT2D eigenvalue weighted by Gasteiger charge is 2.18. The van der Waals surface area contributed by atoms with Crippen molar-refractivity contribution in [3.63, 3.8) is 0 Å². The van der Waals surface area contributed by atoms with Crippen molar-refractivity contribution in [2.75, 3.05) is 40.1 Å². The Balaban J connectivity index is 1.53. The minimum Gasteiger partial charge on any atom is -0.508 e. The van der Waals surface area contributed by atoms with Gasteiger partial charge in [0.2, 0.25) is 12.4 Å². The van der Waals surface area contributed by atoms with E-state index in [0.29, 0.717) is 19.8 Å². The van der Waals surface area contributed by atoms with Gasteiger partial charge in [-0.3, -0.25) is 4.84 Å². The van der Waals surface area contributed by atoms with Crippen molar-refractivity contribution in [3.8, 4) is 5.75 Å². The highest BCUT2D eigenvalue weighted by Crippen LogP contribution is 2.36. The number of phenolic OH excluding ortho intramolecular Hbond substituents is 1. The van der Waals surface area contributed by atoms with Crippen LogP contribution in [0, 0.1) is 13.8 Å². The van der Waals surface area contributed by atoms with Crippen LogP contribution in [0.1, 0.15) is 11.1 Å². The SMILES string of the molecule is COCCOCCOC(=O)CO[n+]1ccc2c(C)c3[nH]c4ccc(O)cc4c3c(C)c2c1. The van der Waals surface area contributed by atoms with E-state index in [9.17, 15) is 9.90 Å². The molecule has 0 aliphatic heterocycles. The molecule has 2 heterocycles. The van der Waals surface area contributed by atoms with Crippen LogP contribution >= 0.6 is 0 Å². The zero-order valence-corrected chi connectivity index (χ0v) is 18.4. The fourth-order valence-corrected chi connectivity index (χ4v) is 3.93. The number of hydrogen-bond acceptors (Lipinski definition) is 6. The Bertz CT molecular complexity index is 1280. The Morgan fingerprint density at radius 2 is 1.84 bits per heavy atom. The molecule has 4 aromatic rings. The molecule has 0 saturated heterocycles. The third-order valence-electron chi connectivity index (χ3n) is 5.53.